The van der Waals surface area contributed by atoms with E-state index in [2.05, 4.69) is 5.32 Å². The molecule has 0 aliphatic carbocycles. The highest BCUT2D eigenvalue weighted by atomic mass is 32.2. The fourth-order valence-electron chi connectivity index (χ4n) is 3.73. The molecule has 1 atom stereocenters. The predicted octanol–water partition coefficient (Wildman–Crippen LogP) is 3.13. The van der Waals surface area contributed by atoms with Gasteiger partial charge in [-0.05, 0) is 42.3 Å². The van der Waals surface area contributed by atoms with Gasteiger partial charge in [0.05, 0.1) is 4.90 Å². The summed E-state index contributed by atoms with van der Waals surface area (Å²) in [6, 6.07) is 14.9. The molecule has 3 amide bonds. The van der Waals surface area contributed by atoms with Gasteiger partial charge in [0.1, 0.15) is 11.9 Å². The number of halogens is 1. The van der Waals surface area contributed by atoms with Crippen molar-refractivity contribution in [3.8, 4) is 11.5 Å². The number of nitrogens with zero attached hydrogens (tertiary/aromatic N) is 1. The minimum absolute atomic E-state index is 0.0774. The molecule has 1 aliphatic heterocycles. The van der Waals surface area contributed by atoms with E-state index in [0.29, 0.717) is 17.2 Å². The fraction of sp³-hybridized carbons (Fsp3) is 0.200. The van der Waals surface area contributed by atoms with Crippen molar-refractivity contribution in [3.05, 3.63) is 83.7 Å². The number of fused-ring (bicyclic) bond motifs is 1. The first kappa shape index (κ1) is 25.0. The standard InChI is InChI=1S/C25H24FN3O6S/c1-16-8-9-18(26)13-23(16)36(32,33)28-25(31)27-20(12-17-6-4-3-5-7-17)24(30)29(2)19-10-11-21-22(14-19)35-15-34-21/h3-11,13-14,20H,12,15H2,1-2H3,(H2,27,28,31)/t20-/m0/s1. The number of anilines is 1. The summed E-state index contributed by atoms with van der Waals surface area (Å²) in [6.45, 7) is 1.56. The van der Waals surface area contributed by atoms with Crippen molar-refractivity contribution in [2.75, 3.05) is 18.7 Å². The number of aryl methyl sites for hydroxylation is 1. The SMILES string of the molecule is Cc1ccc(F)cc1S(=O)(=O)NC(=O)N[C@@H](Cc1ccccc1)C(=O)N(C)c1ccc2c(c1)OCO2. The Kier molecular flexibility index (Phi) is 7.11. The number of benzene rings is 3. The van der Waals surface area contributed by atoms with Gasteiger partial charge in [-0.2, -0.15) is 0 Å². The summed E-state index contributed by atoms with van der Waals surface area (Å²) in [5.41, 5.74) is 1.50. The van der Waals surface area contributed by atoms with Crippen molar-refractivity contribution in [1.82, 2.24) is 10.0 Å². The zero-order valence-electron chi connectivity index (χ0n) is 19.5. The van der Waals surface area contributed by atoms with Gasteiger partial charge in [0.2, 0.25) is 12.7 Å². The van der Waals surface area contributed by atoms with Gasteiger partial charge < -0.3 is 19.7 Å². The van der Waals surface area contributed by atoms with Gasteiger partial charge in [0.25, 0.3) is 10.0 Å². The molecular formula is C25H24FN3O6S. The lowest BCUT2D eigenvalue weighted by Gasteiger charge is -2.25. The van der Waals surface area contributed by atoms with Crippen LogP contribution in [0.2, 0.25) is 0 Å². The van der Waals surface area contributed by atoms with Gasteiger partial charge in [0.15, 0.2) is 11.5 Å². The Bertz CT molecular complexity index is 1400. The van der Waals surface area contributed by atoms with Gasteiger partial charge in [-0.1, -0.05) is 36.4 Å². The molecule has 0 fully saturated rings. The maximum Gasteiger partial charge on any atom is 0.329 e. The first-order valence-electron chi connectivity index (χ1n) is 10.9. The molecule has 188 valence electrons. The van der Waals surface area contributed by atoms with Crippen LogP contribution in [-0.2, 0) is 21.2 Å². The summed E-state index contributed by atoms with van der Waals surface area (Å²) >= 11 is 0. The van der Waals surface area contributed by atoms with Crippen molar-refractivity contribution in [3.63, 3.8) is 0 Å². The van der Waals surface area contributed by atoms with Crippen LogP contribution in [0.3, 0.4) is 0 Å². The molecule has 9 nitrogen and oxygen atoms in total. The minimum Gasteiger partial charge on any atom is -0.454 e. The predicted molar refractivity (Wildman–Crippen MR) is 130 cm³/mol. The maximum absolute atomic E-state index is 13.6. The molecule has 1 aliphatic rings. The molecule has 0 radical (unpaired) electrons. The number of amides is 3. The van der Waals surface area contributed by atoms with E-state index in [9.17, 15) is 22.4 Å². The van der Waals surface area contributed by atoms with Crippen LogP contribution in [0.5, 0.6) is 11.5 Å². The van der Waals surface area contributed by atoms with Gasteiger partial charge in [-0.15, -0.1) is 0 Å². The van der Waals surface area contributed by atoms with Crippen LogP contribution in [0.1, 0.15) is 11.1 Å². The quantitative estimate of drug-likeness (QED) is 0.502. The molecule has 4 rings (SSSR count). The van der Waals surface area contributed by atoms with E-state index in [-0.39, 0.29) is 23.7 Å². The highest BCUT2D eigenvalue weighted by Gasteiger charge is 2.28. The summed E-state index contributed by atoms with van der Waals surface area (Å²) in [5.74, 6) is -0.221. The highest BCUT2D eigenvalue weighted by Crippen LogP contribution is 2.35. The van der Waals surface area contributed by atoms with Gasteiger partial charge in [-0.3, -0.25) is 4.79 Å². The molecule has 0 saturated heterocycles. The van der Waals surface area contributed by atoms with Crippen LogP contribution in [0.4, 0.5) is 14.9 Å². The van der Waals surface area contributed by atoms with E-state index in [1.165, 1.54) is 24.9 Å². The Hall–Kier alpha value is -4.12. The van der Waals surface area contributed by atoms with E-state index < -0.39 is 33.8 Å². The molecule has 2 N–H and O–H groups in total. The summed E-state index contributed by atoms with van der Waals surface area (Å²) in [4.78, 5) is 27.1. The number of sulfonamides is 1. The number of urea groups is 1. The van der Waals surface area contributed by atoms with Crippen molar-refractivity contribution >= 4 is 27.6 Å². The lowest BCUT2D eigenvalue weighted by Crippen LogP contribution is -2.52. The second-order valence-corrected chi connectivity index (χ2v) is 9.82. The van der Waals surface area contributed by atoms with Crippen LogP contribution in [0.25, 0.3) is 0 Å². The zero-order chi connectivity index (χ0) is 25.9. The number of likely N-dealkylation sites (N-methyl/N-ethyl adjacent to an activating group) is 1. The highest BCUT2D eigenvalue weighted by molar-refractivity contribution is 7.90. The number of hydrogen-bond acceptors (Lipinski definition) is 6. The third-order valence-corrected chi connectivity index (χ3v) is 7.10. The second-order valence-electron chi connectivity index (χ2n) is 8.17. The van der Waals surface area contributed by atoms with Crippen LogP contribution in [0.15, 0.2) is 71.6 Å². The number of nitrogens with one attached hydrogen (secondary N) is 2. The third kappa shape index (κ3) is 5.57. The molecule has 3 aromatic carbocycles. The Balaban J connectivity index is 1.55. The van der Waals surface area contributed by atoms with E-state index in [0.717, 1.165) is 17.7 Å². The lowest BCUT2D eigenvalue weighted by molar-refractivity contribution is -0.120. The van der Waals surface area contributed by atoms with Crippen molar-refractivity contribution in [2.45, 2.75) is 24.3 Å². The number of carbonyl (C=O) groups excluding carboxylic acids is 2. The zero-order valence-corrected chi connectivity index (χ0v) is 20.3. The number of ether oxygens (including phenoxy) is 2. The minimum atomic E-state index is -4.39. The largest absolute Gasteiger partial charge is 0.454 e. The molecular weight excluding hydrogens is 489 g/mol. The molecule has 36 heavy (non-hydrogen) atoms. The maximum atomic E-state index is 13.6. The third-order valence-electron chi connectivity index (χ3n) is 5.63. The molecule has 3 aromatic rings. The normalized spacial score (nSPS) is 13.1. The van der Waals surface area contributed by atoms with Crippen LogP contribution in [-0.4, -0.2) is 40.2 Å². The number of carbonyl (C=O) groups is 2. The number of rotatable bonds is 7. The van der Waals surface area contributed by atoms with Crippen LogP contribution in [0, 0.1) is 12.7 Å². The van der Waals surface area contributed by atoms with Crippen molar-refractivity contribution in [2.24, 2.45) is 0 Å². The van der Waals surface area contributed by atoms with E-state index in [4.69, 9.17) is 9.47 Å². The molecule has 0 bridgehead atoms. The smallest absolute Gasteiger partial charge is 0.329 e. The van der Waals surface area contributed by atoms with Gasteiger partial charge >= 0.3 is 6.03 Å². The van der Waals surface area contributed by atoms with Crippen LogP contribution >= 0.6 is 0 Å². The summed E-state index contributed by atoms with van der Waals surface area (Å²) in [7, 11) is -2.86. The van der Waals surface area contributed by atoms with Crippen molar-refractivity contribution in [1.29, 1.82) is 0 Å². The summed E-state index contributed by atoms with van der Waals surface area (Å²) in [5, 5.41) is 2.46. The molecule has 0 unspecified atom stereocenters. The lowest BCUT2D eigenvalue weighted by atomic mass is 10.0. The fourth-order valence-corrected chi connectivity index (χ4v) is 4.91. The van der Waals surface area contributed by atoms with E-state index >= 15 is 0 Å². The van der Waals surface area contributed by atoms with Crippen LogP contribution < -0.4 is 24.4 Å². The first-order valence-corrected chi connectivity index (χ1v) is 12.4. The first-order chi connectivity index (χ1) is 17.1. The topological polar surface area (TPSA) is 114 Å². The van der Waals surface area contributed by atoms with Crippen molar-refractivity contribution < 1.29 is 31.9 Å². The molecule has 0 aromatic heterocycles. The van der Waals surface area contributed by atoms with E-state index in [1.807, 2.05) is 10.8 Å². The number of hydrogen-bond donors (Lipinski definition) is 2. The summed E-state index contributed by atoms with van der Waals surface area (Å²) in [6.07, 6.45) is 0.0982. The Morgan fingerprint density at radius 1 is 1.03 bits per heavy atom. The Labute approximate surface area is 207 Å². The van der Waals surface area contributed by atoms with E-state index in [1.54, 1.807) is 42.5 Å². The molecule has 1 heterocycles. The van der Waals surface area contributed by atoms with Gasteiger partial charge in [-0.25, -0.2) is 22.3 Å². The summed E-state index contributed by atoms with van der Waals surface area (Å²) < 4.78 is 51.6. The monoisotopic (exact) mass is 513 g/mol. The molecule has 0 spiro atoms. The molecule has 11 heteroatoms. The average Bonchev–Trinajstić information content (AvgIpc) is 3.32. The average molecular weight is 514 g/mol. The molecule has 0 saturated carbocycles. The van der Waals surface area contributed by atoms with Gasteiger partial charge in [0, 0.05) is 25.2 Å². The Morgan fingerprint density at radius 2 is 1.75 bits per heavy atom. The Morgan fingerprint density at radius 3 is 2.50 bits per heavy atom. The second kappa shape index (κ2) is 10.2.